The molecule has 6 N–H and O–H groups in total. The molecule has 0 spiro atoms. The Kier molecular flexibility index (Phi) is 11.2. The van der Waals surface area contributed by atoms with Crippen LogP contribution in [0.1, 0.15) is 66.2 Å². The van der Waals surface area contributed by atoms with Gasteiger partial charge in [0.25, 0.3) is 0 Å². The molecule has 1 aliphatic rings. The molecule has 0 atom stereocenters. The molecule has 138 valence electrons. The van der Waals surface area contributed by atoms with E-state index in [2.05, 4.69) is 9.97 Å². The average molecular weight is 338 g/mol. The van der Waals surface area contributed by atoms with Crippen molar-refractivity contribution < 1.29 is 0 Å². The number of nitrogen functional groups attached to an aromatic ring is 2. The van der Waals surface area contributed by atoms with Crippen molar-refractivity contribution in [2.75, 3.05) is 11.5 Å². The van der Waals surface area contributed by atoms with Gasteiger partial charge in [0.2, 0.25) is 0 Å². The minimum atomic E-state index is -0.252. The van der Waals surface area contributed by atoms with Gasteiger partial charge in [-0.25, -0.2) is 4.79 Å². The number of aromatic nitrogens is 3. The molecule has 2 aromatic heterocycles. The highest BCUT2D eigenvalue weighted by atomic mass is 16.1. The molecule has 1 saturated carbocycles. The van der Waals surface area contributed by atoms with Crippen LogP contribution in [-0.4, -0.2) is 14.5 Å². The van der Waals surface area contributed by atoms with E-state index in [4.69, 9.17) is 11.5 Å². The van der Waals surface area contributed by atoms with Crippen LogP contribution in [-0.2, 0) is 7.05 Å². The third kappa shape index (κ3) is 6.18. The molecule has 0 amide bonds. The van der Waals surface area contributed by atoms with Crippen LogP contribution < -0.4 is 17.2 Å². The highest BCUT2D eigenvalue weighted by molar-refractivity contribution is 5.78. The maximum Gasteiger partial charge on any atom is 0.327 e. The summed E-state index contributed by atoms with van der Waals surface area (Å²) in [6.45, 7) is 8.00. The SMILES string of the molecule is C1CCCCC1.CC.CC.Cn1c(-c2cc[nH]c2N)c(N)[nH]c1=O. The highest BCUT2D eigenvalue weighted by Gasteiger charge is 2.13. The first-order valence-electron chi connectivity index (χ1n) is 9.09. The Morgan fingerprint density at radius 3 is 1.67 bits per heavy atom. The lowest BCUT2D eigenvalue weighted by atomic mass is 10.0. The van der Waals surface area contributed by atoms with Gasteiger partial charge in [-0.2, -0.15) is 0 Å². The number of nitrogens with two attached hydrogens (primary N) is 2. The summed E-state index contributed by atoms with van der Waals surface area (Å²) >= 11 is 0. The van der Waals surface area contributed by atoms with Crippen LogP contribution in [0.3, 0.4) is 0 Å². The van der Waals surface area contributed by atoms with Crippen molar-refractivity contribution in [2.45, 2.75) is 66.2 Å². The summed E-state index contributed by atoms with van der Waals surface area (Å²) in [6, 6.07) is 1.77. The predicted molar refractivity (Wildman–Crippen MR) is 105 cm³/mol. The van der Waals surface area contributed by atoms with E-state index in [0.29, 0.717) is 17.3 Å². The van der Waals surface area contributed by atoms with Gasteiger partial charge in [0.1, 0.15) is 11.6 Å². The van der Waals surface area contributed by atoms with E-state index in [9.17, 15) is 4.79 Å². The van der Waals surface area contributed by atoms with Gasteiger partial charge in [0, 0.05) is 18.8 Å². The second-order valence-corrected chi connectivity index (χ2v) is 5.18. The number of nitrogens with one attached hydrogen (secondary N) is 2. The zero-order valence-corrected chi connectivity index (χ0v) is 15.9. The number of aromatic amines is 2. The summed E-state index contributed by atoms with van der Waals surface area (Å²) in [5.74, 6) is 0.815. The second-order valence-electron chi connectivity index (χ2n) is 5.18. The molecule has 0 aromatic carbocycles. The van der Waals surface area contributed by atoms with Crippen molar-refractivity contribution in [1.82, 2.24) is 14.5 Å². The molecule has 0 bridgehead atoms. The zero-order chi connectivity index (χ0) is 18.5. The van der Waals surface area contributed by atoms with Crippen molar-refractivity contribution in [3.63, 3.8) is 0 Å². The van der Waals surface area contributed by atoms with Gasteiger partial charge in [-0.15, -0.1) is 0 Å². The Morgan fingerprint density at radius 1 is 0.917 bits per heavy atom. The van der Waals surface area contributed by atoms with Gasteiger partial charge in [-0.05, 0) is 6.07 Å². The molecule has 0 aliphatic heterocycles. The van der Waals surface area contributed by atoms with Gasteiger partial charge < -0.3 is 16.5 Å². The molecule has 6 heteroatoms. The molecular formula is C18H35N5O. The van der Waals surface area contributed by atoms with E-state index in [1.807, 2.05) is 27.7 Å². The Hall–Kier alpha value is -2.11. The van der Waals surface area contributed by atoms with E-state index in [-0.39, 0.29) is 5.69 Å². The van der Waals surface area contributed by atoms with E-state index >= 15 is 0 Å². The fourth-order valence-electron chi connectivity index (χ4n) is 2.52. The van der Waals surface area contributed by atoms with Crippen LogP contribution in [0.2, 0.25) is 0 Å². The molecule has 0 unspecified atom stereocenters. The lowest BCUT2D eigenvalue weighted by molar-refractivity contribution is 0.504. The number of nitrogens with zero attached hydrogens (tertiary/aromatic N) is 1. The number of anilines is 2. The second kappa shape index (κ2) is 12.3. The van der Waals surface area contributed by atoms with Gasteiger partial charge in [-0.1, -0.05) is 66.2 Å². The van der Waals surface area contributed by atoms with E-state index in [1.165, 1.54) is 43.1 Å². The van der Waals surface area contributed by atoms with Crippen LogP contribution in [0.15, 0.2) is 17.1 Å². The van der Waals surface area contributed by atoms with Crippen LogP contribution in [0.5, 0.6) is 0 Å². The molecule has 3 rings (SSSR count). The molecule has 6 nitrogen and oxygen atoms in total. The Morgan fingerprint density at radius 2 is 1.38 bits per heavy atom. The summed E-state index contributed by atoms with van der Waals surface area (Å²) in [5.41, 5.74) is 12.4. The molecular weight excluding hydrogens is 302 g/mol. The van der Waals surface area contributed by atoms with Crippen molar-refractivity contribution in [1.29, 1.82) is 0 Å². The van der Waals surface area contributed by atoms with Crippen molar-refractivity contribution in [3.8, 4) is 11.3 Å². The average Bonchev–Trinajstić information content (AvgIpc) is 3.16. The van der Waals surface area contributed by atoms with Crippen molar-refractivity contribution in [3.05, 3.63) is 22.7 Å². The summed E-state index contributed by atoms with van der Waals surface area (Å²) in [6.07, 6.45) is 10.7. The standard InChI is InChI=1S/C8H11N5O.C6H12.2C2H6/c1-13-5(7(10)12-8(13)14)4-2-3-11-6(4)9;1-2-4-6-5-3-1;2*1-2/h2-3,11H,9-10H2,1H3,(H,12,14);1-6H2;2*1-2H3. The Labute approximate surface area is 145 Å². The maximum atomic E-state index is 11.2. The predicted octanol–water partition coefficient (Wildman–Crippen LogP) is 4.27. The first-order valence-corrected chi connectivity index (χ1v) is 9.09. The quantitative estimate of drug-likeness (QED) is 0.624. The minimum absolute atomic E-state index is 0.252. The monoisotopic (exact) mass is 337 g/mol. The summed E-state index contributed by atoms with van der Waals surface area (Å²) in [5, 5.41) is 0. The molecule has 24 heavy (non-hydrogen) atoms. The largest absolute Gasteiger partial charge is 0.385 e. The smallest absolute Gasteiger partial charge is 0.327 e. The van der Waals surface area contributed by atoms with Crippen molar-refractivity contribution >= 4 is 11.6 Å². The first-order chi connectivity index (χ1) is 11.6. The number of H-pyrrole nitrogens is 2. The summed E-state index contributed by atoms with van der Waals surface area (Å²) in [7, 11) is 1.64. The lowest BCUT2D eigenvalue weighted by Crippen LogP contribution is -2.13. The van der Waals surface area contributed by atoms with E-state index in [0.717, 1.165) is 5.56 Å². The van der Waals surface area contributed by atoms with Gasteiger partial charge in [0.15, 0.2) is 0 Å². The number of hydrogen-bond acceptors (Lipinski definition) is 3. The van der Waals surface area contributed by atoms with E-state index in [1.54, 1.807) is 19.3 Å². The van der Waals surface area contributed by atoms with Crippen molar-refractivity contribution in [2.24, 2.45) is 7.05 Å². The fourth-order valence-corrected chi connectivity index (χ4v) is 2.52. The molecule has 1 aliphatic carbocycles. The molecule has 1 fully saturated rings. The number of hydrogen-bond donors (Lipinski definition) is 4. The molecule has 0 saturated heterocycles. The maximum absolute atomic E-state index is 11.2. The normalized spacial score (nSPS) is 12.7. The number of imidazole rings is 1. The van der Waals surface area contributed by atoms with E-state index < -0.39 is 0 Å². The summed E-state index contributed by atoms with van der Waals surface area (Å²) in [4.78, 5) is 16.6. The van der Waals surface area contributed by atoms with Crippen LogP contribution in [0.25, 0.3) is 11.3 Å². The third-order valence-corrected chi connectivity index (χ3v) is 3.67. The summed E-state index contributed by atoms with van der Waals surface area (Å²) < 4.78 is 1.43. The highest BCUT2D eigenvalue weighted by Crippen LogP contribution is 2.27. The van der Waals surface area contributed by atoms with Gasteiger partial charge >= 0.3 is 5.69 Å². The number of rotatable bonds is 1. The van der Waals surface area contributed by atoms with Crippen LogP contribution >= 0.6 is 0 Å². The van der Waals surface area contributed by atoms with Gasteiger partial charge in [-0.3, -0.25) is 9.55 Å². The minimum Gasteiger partial charge on any atom is -0.385 e. The first kappa shape index (κ1) is 21.9. The van der Waals surface area contributed by atoms with Gasteiger partial charge in [0.05, 0.1) is 5.69 Å². The topological polar surface area (TPSA) is 106 Å². The van der Waals surface area contributed by atoms with Crippen LogP contribution in [0, 0.1) is 0 Å². The Bertz CT molecular complexity index is 594. The molecule has 0 radical (unpaired) electrons. The molecule has 2 heterocycles. The van der Waals surface area contributed by atoms with Crippen LogP contribution in [0.4, 0.5) is 11.6 Å². The third-order valence-electron chi connectivity index (χ3n) is 3.67. The lowest BCUT2D eigenvalue weighted by Gasteiger charge is -2.05. The fraction of sp³-hybridized carbons (Fsp3) is 0.611. The Balaban J connectivity index is 0.000000443. The zero-order valence-electron chi connectivity index (χ0n) is 15.9. The molecule has 2 aromatic rings.